The lowest BCUT2D eigenvalue weighted by molar-refractivity contribution is 0.846. The van der Waals surface area contributed by atoms with E-state index in [0.29, 0.717) is 4.34 Å². The lowest BCUT2D eigenvalue weighted by atomic mass is 10.4. The zero-order valence-electron chi connectivity index (χ0n) is 6.66. The highest BCUT2D eigenvalue weighted by Gasteiger charge is 2.05. The number of hydrogen-bond donors (Lipinski definition) is 1. The maximum absolute atomic E-state index is 5.80. The van der Waals surface area contributed by atoms with Crippen LogP contribution in [-0.2, 0) is 5.75 Å². The monoisotopic (exact) mass is 223 g/mol. The molecule has 0 aliphatic rings. The average Bonchev–Trinajstić information content (AvgIpc) is 2.36. The molecule has 0 fully saturated rings. The van der Waals surface area contributed by atoms with Crippen LogP contribution in [0.4, 0.5) is 0 Å². The number of nitrogens with two attached hydrogens (primary N) is 1. The number of rotatable bonds is 4. The minimum Gasteiger partial charge on any atom is -0.327 e. The second-order valence-electron chi connectivity index (χ2n) is 2.49. The molecular formula is C6H10ClN3S2. The molecule has 1 aromatic rings. The molecule has 1 rings (SSSR count). The van der Waals surface area contributed by atoms with Crippen LogP contribution in [0.5, 0.6) is 0 Å². The minimum atomic E-state index is 0.223. The predicted molar refractivity (Wildman–Crippen MR) is 54.7 cm³/mol. The number of thioether (sulfide) groups is 1. The largest absolute Gasteiger partial charge is 0.327 e. The highest BCUT2D eigenvalue weighted by molar-refractivity contribution is 7.98. The molecule has 0 aromatic carbocycles. The highest BCUT2D eigenvalue weighted by atomic mass is 35.5. The third-order valence-corrected chi connectivity index (χ3v) is 3.35. The van der Waals surface area contributed by atoms with Gasteiger partial charge in [-0.05, 0) is 6.92 Å². The Morgan fingerprint density at radius 3 is 3.00 bits per heavy atom. The van der Waals surface area contributed by atoms with Crippen molar-refractivity contribution in [2.45, 2.75) is 18.7 Å². The summed E-state index contributed by atoms with van der Waals surface area (Å²) < 4.78 is 4.42. The fraction of sp³-hybridized carbons (Fsp3) is 0.667. The molecule has 0 bridgehead atoms. The molecular weight excluding hydrogens is 214 g/mol. The summed E-state index contributed by atoms with van der Waals surface area (Å²) in [7, 11) is 0. The summed E-state index contributed by atoms with van der Waals surface area (Å²) in [6.45, 7) is 1.98. The molecule has 0 spiro atoms. The van der Waals surface area contributed by atoms with Crippen molar-refractivity contribution in [1.82, 2.24) is 9.59 Å². The van der Waals surface area contributed by atoms with Gasteiger partial charge in [0.15, 0.2) is 0 Å². The molecule has 0 saturated carbocycles. The predicted octanol–water partition coefficient (Wildman–Crippen LogP) is 1.77. The van der Waals surface area contributed by atoms with Gasteiger partial charge in [-0.3, -0.25) is 0 Å². The lowest BCUT2D eigenvalue weighted by Gasteiger charge is -2.01. The van der Waals surface area contributed by atoms with Crippen LogP contribution < -0.4 is 5.73 Å². The van der Waals surface area contributed by atoms with Gasteiger partial charge < -0.3 is 5.73 Å². The number of aromatic nitrogens is 2. The maximum atomic E-state index is 5.80. The van der Waals surface area contributed by atoms with Crippen LogP contribution in [0.15, 0.2) is 0 Å². The second-order valence-corrected chi connectivity index (χ2v) is 4.87. The molecule has 0 radical (unpaired) electrons. The van der Waals surface area contributed by atoms with Crippen molar-refractivity contribution in [1.29, 1.82) is 0 Å². The fourth-order valence-electron chi connectivity index (χ4n) is 0.625. The van der Waals surface area contributed by atoms with Gasteiger partial charge in [0.1, 0.15) is 10.0 Å². The van der Waals surface area contributed by atoms with Gasteiger partial charge in [0, 0.05) is 29.1 Å². The quantitative estimate of drug-likeness (QED) is 0.846. The van der Waals surface area contributed by atoms with E-state index in [1.54, 1.807) is 11.8 Å². The molecule has 1 heterocycles. The van der Waals surface area contributed by atoms with E-state index in [9.17, 15) is 0 Å². The summed E-state index contributed by atoms with van der Waals surface area (Å²) in [4.78, 5) is 0. The number of halogens is 1. The van der Waals surface area contributed by atoms with E-state index in [1.165, 1.54) is 11.5 Å². The molecule has 0 aliphatic heterocycles. The first-order chi connectivity index (χ1) is 5.70. The molecule has 1 atom stereocenters. The van der Waals surface area contributed by atoms with Crippen LogP contribution in [-0.4, -0.2) is 21.4 Å². The van der Waals surface area contributed by atoms with Gasteiger partial charge in [-0.15, -0.1) is 5.10 Å². The molecule has 0 amide bonds. The Bertz CT molecular complexity index is 238. The molecule has 68 valence electrons. The van der Waals surface area contributed by atoms with Crippen molar-refractivity contribution in [3.05, 3.63) is 10.0 Å². The van der Waals surface area contributed by atoms with Crippen LogP contribution in [0.2, 0.25) is 4.34 Å². The molecule has 1 unspecified atom stereocenters. The van der Waals surface area contributed by atoms with Gasteiger partial charge in [0.05, 0.1) is 0 Å². The Hall–Kier alpha value is 0.160. The van der Waals surface area contributed by atoms with Crippen molar-refractivity contribution in [3.8, 4) is 0 Å². The topological polar surface area (TPSA) is 51.8 Å². The summed E-state index contributed by atoms with van der Waals surface area (Å²) in [5.41, 5.74) is 6.45. The van der Waals surface area contributed by atoms with E-state index < -0.39 is 0 Å². The summed E-state index contributed by atoms with van der Waals surface area (Å²) in [5.74, 6) is 1.73. The lowest BCUT2D eigenvalue weighted by Crippen LogP contribution is -2.17. The Labute approximate surface area is 84.8 Å². The van der Waals surface area contributed by atoms with Gasteiger partial charge in [0.2, 0.25) is 0 Å². The summed E-state index contributed by atoms with van der Waals surface area (Å²) in [6, 6.07) is 0.223. The normalized spacial score (nSPS) is 13.2. The number of hydrogen-bond acceptors (Lipinski definition) is 5. The zero-order valence-corrected chi connectivity index (χ0v) is 9.05. The summed E-state index contributed by atoms with van der Waals surface area (Å²) in [6.07, 6.45) is 0. The SMILES string of the molecule is CC(N)CSCc1nnsc1Cl. The van der Waals surface area contributed by atoms with E-state index in [1.807, 2.05) is 6.92 Å². The third-order valence-electron chi connectivity index (χ3n) is 1.13. The highest BCUT2D eigenvalue weighted by Crippen LogP contribution is 2.21. The van der Waals surface area contributed by atoms with Crippen molar-refractivity contribution in [2.24, 2.45) is 5.73 Å². The van der Waals surface area contributed by atoms with E-state index >= 15 is 0 Å². The molecule has 2 N–H and O–H groups in total. The van der Waals surface area contributed by atoms with Gasteiger partial charge in [0.25, 0.3) is 0 Å². The first-order valence-corrected chi connectivity index (χ1v) is 5.81. The van der Waals surface area contributed by atoms with Gasteiger partial charge >= 0.3 is 0 Å². The molecule has 12 heavy (non-hydrogen) atoms. The number of nitrogens with zero attached hydrogens (tertiary/aromatic N) is 2. The van der Waals surface area contributed by atoms with Gasteiger partial charge in [-0.1, -0.05) is 16.1 Å². The average molecular weight is 224 g/mol. The molecule has 3 nitrogen and oxygen atoms in total. The summed E-state index contributed by atoms with van der Waals surface area (Å²) >= 11 is 8.75. The Morgan fingerprint density at radius 1 is 1.75 bits per heavy atom. The minimum absolute atomic E-state index is 0.223. The smallest absolute Gasteiger partial charge is 0.138 e. The second kappa shape index (κ2) is 5.01. The van der Waals surface area contributed by atoms with Crippen molar-refractivity contribution < 1.29 is 0 Å². The van der Waals surface area contributed by atoms with Crippen molar-refractivity contribution >= 4 is 34.9 Å². The summed E-state index contributed by atoms with van der Waals surface area (Å²) in [5, 5.41) is 3.89. The van der Waals surface area contributed by atoms with Crippen LogP contribution in [0, 0.1) is 0 Å². The van der Waals surface area contributed by atoms with E-state index in [-0.39, 0.29) is 6.04 Å². The molecule has 0 aliphatic carbocycles. The molecule has 0 saturated heterocycles. The molecule has 6 heteroatoms. The Morgan fingerprint density at radius 2 is 2.50 bits per heavy atom. The third kappa shape index (κ3) is 3.26. The van der Waals surface area contributed by atoms with Crippen LogP contribution in [0.1, 0.15) is 12.6 Å². The van der Waals surface area contributed by atoms with Crippen molar-refractivity contribution in [2.75, 3.05) is 5.75 Å². The van der Waals surface area contributed by atoms with E-state index in [0.717, 1.165) is 17.2 Å². The van der Waals surface area contributed by atoms with Gasteiger partial charge in [-0.25, -0.2) is 0 Å². The first kappa shape index (κ1) is 10.2. The molecule has 1 aromatic heterocycles. The first-order valence-electron chi connectivity index (χ1n) is 3.50. The van der Waals surface area contributed by atoms with Crippen LogP contribution >= 0.6 is 34.9 Å². The van der Waals surface area contributed by atoms with Crippen molar-refractivity contribution in [3.63, 3.8) is 0 Å². The Kier molecular flexibility index (Phi) is 4.28. The van der Waals surface area contributed by atoms with E-state index in [2.05, 4.69) is 9.59 Å². The van der Waals surface area contributed by atoms with Gasteiger partial charge in [-0.2, -0.15) is 11.8 Å². The standard InChI is InChI=1S/C6H10ClN3S2/c1-4(8)2-11-3-5-6(7)12-10-9-5/h4H,2-3,8H2,1H3. The maximum Gasteiger partial charge on any atom is 0.138 e. The van der Waals surface area contributed by atoms with Crippen LogP contribution in [0.25, 0.3) is 0 Å². The Balaban J connectivity index is 2.29. The van der Waals surface area contributed by atoms with E-state index in [4.69, 9.17) is 17.3 Å². The zero-order chi connectivity index (χ0) is 8.97. The fourth-order valence-corrected chi connectivity index (χ4v) is 2.31. The van der Waals surface area contributed by atoms with Crippen LogP contribution in [0.3, 0.4) is 0 Å².